The Morgan fingerprint density at radius 3 is 2.30 bits per heavy atom. The molecule has 2 atom stereocenters. The summed E-state index contributed by atoms with van der Waals surface area (Å²) in [6.07, 6.45) is -0.817. The van der Waals surface area contributed by atoms with Crippen LogP contribution in [-0.2, 0) is 0 Å². The average Bonchev–Trinajstić information content (AvgIpc) is 2.13. The lowest BCUT2D eigenvalue weighted by Crippen LogP contribution is -2.32. The number of halogens is 1. The molecule has 1 saturated heterocycles. The molecule has 2 N–H and O–H groups in total. The van der Waals surface area contributed by atoms with Crippen molar-refractivity contribution in [1.82, 2.24) is 4.90 Å². The molecule has 10 heavy (non-hydrogen) atoms. The highest BCUT2D eigenvalue weighted by molar-refractivity contribution is 4.87. The zero-order valence-corrected chi connectivity index (χ0v) is 6.55. The van der Waals surface area contributed by atoms with Crippen LogP contribution in [0.5, 0.6) is 0 Å². The summed E-state index contributed by atoms with van der Waals surface area (Å²) in [7, 11) is 0. The van der Waals surface area contributed by atoms with E-state index in [0.29, 0.717) is 19.1 Å². The van der Waals surface area contributed by atoms with Crippen LogP contribution in [0.4, 0.5) is 4.39 Å². The molecule has 60 valence electrons. The van der Waals surface area contributed by atoms with Crippen LogP contribution >= 0.6 is 0 Å². The predicted molar refractivity (Wildman–Crippen MR) is 39.6 cm³/mol. The topological polar surface area (TPSA) is 29.3 Å². The largest absolute Gasteiger partial charge is 0.324 e. The molecular weight excluding hydrogens is 131 g/mol. The van der Waals surface area contributed by atoms with Gasteiger partial charge in [0.1, 0.15) is 6.17 Å². The third-order valence-electron chi connectivity index (χ3n) is 2.05. The summed E-state index contributed by atoms with van der Waals surface area (Å²) < 4.78 is 12.8. The number of hydrogen-bond acceptors (Lipinski definition) is 2. The van der Waals surface area contributed by atoms with E-state index in [2.05, 4.69) is 18.7 Å². The van der Waals surface area contributed by atoms with Crippen LogP contribution in [0.25, 0.3) is 0 Å². The third kappa shape index (κ3) is 1.47. The standard InChI is InChI=1S/C7H15FN2/c1-5(2)10-3-6(8)7(9)4-10/h5-7H,3-4,9H2,1-2H3/t6-,7+/m1/s1. The van der Waals surface area contributed by atoms with Gasteiger partial charge in [-0.2, -0.15) is 0 Å². The van der Waals surface area contributed by atoms with Gasteiger partial charge in [-0.05, 0) is 13.8 Å². The van der Waals surface area contributed by atoms with Gasteiger partial charge >= 0.3 is 0 Å². The maximum absolute atomic E-state index is 12.8. The molecule has 0 aromatic rings. The number of nitrogens with two attached hydrogens (primary N) is 1. The summed E-state index contributed by atoms with van der Waals surface area (Å²) in [4.78, 5) is 2.06. The molecule has 3 heteroatoms. The van der Waals surface area contributed by atoms with Crippen LogP contribution < -0.4 is 5.73 Å². The highest BCUT2D eigenvalue weighted by Gasteiger charge is 2.30. The first kappa shape index (κ1) is 7.95. The first-order valence-electron chi connectivity index (χ1n) is 3.75. The zero-order valence-electron chi connectivity index (χ0n) is 6.55. The van der Waals surface area contributed by atoms with Gasteiger partial charge in [0.05, 0.1) is 0 Å². The van der Waals surface area contributed by atoms with Crippen molar-refractivity contribution in [2.45, 2.75) is 32.1 Å². The smallest absolute Gasteiger partial charge is 0.129 e. The van der Waals surface area contributed by atoms with Crippen LogP contribution in [0.1, 0.15) is 13.8 Å². The van der Waals surface area contributed by atoms with Gasteiger partial charge in [0.15, 0.2) is 0 Å². The summed E-state index contributed by atoms with van der Waals surface area (Å²) in [6.45, 7) is 5.34. The Morgan fingerprint density at radius 1 is 1.50 bits per heavy atom. The monoisotopic (exact) mass is 146 g/mol. The molecule has 0 aromatic carbocycles. The van der Waals surface area contributed by atoms with E-state index in [1.165, 1.54) is 0 Å². The average molecular weight is 146 g/mol. The fourth-order valence-corrected chi connectivity index (χ4v) is 1.24. The van der Waals surface area contributed by atoms with Crippen molar-refractivity contribution in [3.05, 3.63) is 0 Å². The Kier molecular flexibility index (Phi) is 2.26. The summed E-state index contributed by atoms with van der Waals surface area (Å²) in [5, 5.41) is 0. The summed E-state index contributed by atoms with van der Waals surface area (Å²) in [5.74, 6) is 0. The molecule has 1 rings (SSSR count). The highest BCUT2D eigenvalue weighted by atomic mass is 19.1. The van der Waals surface area contributed by atoms with Gasteiger partial charge < -0.3 is 5.73 Å². The minimum absolute atomic E-state index is 0.262. The SMILES string of the molecule is CC(C)N1C[C@@H](F)[C@@H](N)C1. The van der Waals surface area contributed by atoms with Gasteiger partial charge in [-0.25, -0.2) is 4.39 Å². The van der Waals surface area contributed by atoms with Crippen molar-refractivity contribution in [2.24, 2.45) is 5.73 Å². The summed E-state index contributed by atoms with van der Waals surface area (Å²) in [6, 6.07) is 0.161. The first-order valence-corrected chi connectivity index (χ1v) is 3.75. The van der Waals surface area contributed by atoms with Gasteiger partial charge in [0.2, 0.25) is 0 Å². The molecule has 0 aromatic heterocycles. The number of likely N-dealkylation sites (tertiary alicyclic amines) is 1. The molecule has 0 saturated carbocycles. The number of alkyl halides is 1. The van der Waals surface area contributed by atoms with E-state index in [9.17, 15) is 4.39 Å². The maximum atomic E-state index is 12.8. The van der Waals surface area contributed by atoms with Crippen LogP contribution in [0.15, 0.2) is 0 Å². The number of hydrogen-bond donors (Lipinski definition) is 1. The molecule has 0 spiro atoms. The fourth-order valence-electron chi connectivity index (χ4n) is 1.24. The fraction of sp³-hybridized carbons (Fsp3) is 1.00. The molecule has 1 aliphatic heterocycles. The van der Waals surface area contributed by atoms with Crippen molar-refractivity contribution in [3.8, 4) is 0 Å². The summed E-state index contributed by atoms with van der Waals surface area (Å²) in [5.41, 5.74) is 5.49. The summed E-state index contributed by atoms with van der Waals surface area (Å²) >= 11 is 0. The van der Waals surface area contributed by atoms with E-state index in [-0.39, 0.29) is 6.04 Å². The van der Waals surface area contributed by atoms with E-state index >= 15 is 0 Å². The Bertz CT molecular complexity index is 106. The molecule has 1 heterocycles. The molecule has 0 radical (unpaired) electrons. The molecule has 2 nitrogen and oxygen atoms in total. The highest BCUT2D eigenvalue weighted by Crippen LogP contribution is 2.13. The molecule has 0 unspecified atom stereocenters. The third-order valence-corrected chi connectivity index (χ3v) is 2.05. The number of rotatable bonds is 1. The molecule has 1 aliphatic rings. The van der Waals surface area contributed by atoms with E-state index in [0.717, 1.165) is 0 Å². The van der Waals surface area contributed by atoms with Crippen LogP contribution in [0, 0.1) is 0 Å². The Labute approximate surface area is 61.2 Å². The van der Waals surface area contributed by atoms with Crippen molar-refractivity contribution >= 4 is 0 Å². The quantitative estimate of drug-likeness (QED) is 0.579. The van der Waals surface area contributed by atoms with Crippen LogP contribution in [0.3, 0.4) is 0 Å². The zero-order chi connectivity index (χ0) is 7.72. The Hall–Kier alpha value is -0.150. The predicted octanol–water partition coefficient (Wildman–Crippen LogP) is 0.376. The molecule has 0 aliphatic carbocycles. The Balaban J connectivity index is 2.41. The molecular formula is C7H15FN2. The van der Waals surface area contributed by atoms with Gasteiger partial charge in [-0.1, -0.05) is 0 Å². The van der Waals surface area contributed by atoms with Gasteiger partial charge in [0, 0.05) is 25.2 Å². The lowest BCUT2D eigenvalue weighted by molar-refractivity contribution is 0.245. The van der Waals surface area contributed by atoms with Gasteiger partial charge in [-0.15, -0.1) is 0 Å². The van der Waals surface area contributed by atoms with Crippen LogP contribution in [0.2, 0.25) is 0 Å². The first-order chi connectivity index (χ1) is 4.61. The van der Waals surface area contributed by atoms with Crippen molar-refractivity contribution < 1.29 is 4.39 Å². The molecule has 0 amide bonds. The number of nitrogens with zero attached hydrogens (tertiary/aromatic N) is 1. The second-order valence-corrected chi connectivity index (χ2v) is 3.23. The molecule has 0 bridgehead atoms. The van der Waals surface area contributed by atoms with E-state index in [1.54, 1.807) is 0 Å². The Morgan fingerprint density at radius 2 is 2.10 bits per heavy atom. The van der Waals surface area contributed by atoms with E-state index in [1.807, 2.05) is 0 Å². The second kappa shape index (κ2) is 2.84. The lowest BCUT2D eigenvalue weighted by atomic mass is 10.2. The normalized spacial score (nSPS) is 35.7. The molecule has 1 fully saturated rings. The van der Waals surface area contributed by atoms with E-state index < -0.39 is 6.17 Å². The second-order valence-electron chi connectivity index (χ2n) is 3.23. The minimum Gasteiger partial charge on any atom is -0.324 e. The van der Waals surface area contributed by atoms with Crippen molar-refractivity contribution in [2.75, 3.05) is 13.1 Å². The minimum atomic E-state index is -0.817. The van der Waals surface area contributed by atoms with Crippen molar-refractivity contribution in [3.63, 3.8) is 0 Å². The lowest BCUT2D eigenvalue weighted by Gasteiger charge is -2.18. The van der Waals surface area contributed by atoms with Crippen molar-refractivity contribution in [1.29, 1.82) is 0 Å². The van der Waals surface area contributed by atoms with Gasteiger partial charge in [0.25, 0.3) is 0 Å². The van der Waals surface area contributed by atoms with E-state index in [4.69, 9.17) is 5.73 Å². The van der Waals surface area contributed by atoms with Crippen LogP contribution in [-0.4, -0.2) is 36.2 Å². The maximum Gasteiger partial charge on any atom is 0.129 e. The van der Waals surface area contributed by atoms with Gasteiger partial charge in [-0.3, -0.25) is 4.90 Å².